The third kappa shape index (κ3) is 5.44. The molecular weight excluding hydrogens is 248 g/mol. The Hall–Kier alpha value is -0.490. The highest BCUT2D eigenvalue weighted by molar-refractivity contribution is 7.09. The summed E-state index contributed by atoms with van der Waals surface area (Å²) in [5.74, 6) is 0. The third-order valence-electron chi connectivity index (χ3n) is 2.46. The Balaban J connectivity index is 2.36. The number of thiazole rings is 1. The van der Waals surface area contributed by atoms with Crippen LogP contribution in [0.4, 0.5) is 0 Å². The van der Waals surface area contributed by atoms with Crippen LogP contribution in [-0.4, -0.2) is 34.9 Å². The van der Waals surface area contributed by atoms with E-state index in [0.717, 1.165) is 5.01 Å². The molecule has 1 aromatic heterocycles. The Morgan fingerprint density at radius 2 is 2.06 bits per heavy atom. The van der Waals surface area contributed by atoms with Gasteiger partial charge in [-0.2, -0.15) is 0 Å². The number of nitrogens with zero attached hydrogens (tertiary/aromatic N) is 1. The lowest BCUT2D eigenvalue weighted by molar-refractivity contribution is -0.0491. The molecule has 0 fully saturated rings. The molecule has 2 N–H and O–H groups in total. The molecule has 1 unspecified atom stereocenters. The zero-order chi connectivity index (χ0) is 13.8. The van der Waals surface area contributed by atoms with Crippen molar-refractivity contribution in [3.63, 3.8) is 0 Å². The molecule has 0 spiro atoms. The number of nitrogens with one attached hydrogen (secondary N) is 1. The van der Waals surface area contributed by atoms with Crippen LogP contribution in [0.3, 0.4) is 0 Å². The maximum Gasteiger partial charge on any atom is 0.112 e. The molecule has 0 radical (unpaired) electrons. The van der Waals surface area contributed by atoms with Crippen molar-refractivity contribution in [2.75, 3.05) is 13.2 Å². The first kappa shape index (κ1) is 15.6. The van der Waals surface area contributed by atoms with Gasteiger partial charge in [0.15, 0.2) is 0 Å². The summed E-state index contributed by atoms with van der Waals surface area (Å²) in [4.78, 5) is 4.29. The fraction of sp³-hybridized carbons (Fsp3) is 0.769. The Kier molecular flexibility index (Phi) is 5.28. The van der Waals surface area contributed by atoms with Crippen LogP contribution < -0.4 is 5.32 Å². The SMILES string of the molecule is CC(C)(C)OCC(O)CNC(C)(C)c1nccs1. The topological polar surface area (TPSA) is 54.4 Å². The van der Waals surface area contributed by atoms with Crippen molar-refractivity contribution in [1.82, 2.24) is 10.3 Å². The molecule has 0 aliphatic carbocycles. The van der Waals surface area contributed by atoms with Crippen LogP contribution in [0.2, 0.25) is 0 Å². The van der Waals surface area contributed by atoms with Crippen molar-refractivity contribution in [3.8, 4) is 0 Å². The van der Waals surface area contributed by atoms with E-state index in [4.69, 9.17) is 4.74 Å². The Labute approximate surface area is 113 Å². The van der Waals surface area contributed by atoms with Crippen molar-refractivity contribution < 1.29 is 9.84 Å². The van der Waals surface area contributed by atoms with E-state index in [2.05, 4.69) is 24.1 Å². The predicted octanol–water partition coefficient (Wildman–Crippen LogP) is 2.14. The molecule has 4 nitrogen and oxygen atoms in total. The lowest BCUT2D eigenvalue weighted by Crippen LogP contribution is -2.43. The molecule has 1 aromatic rings. The van der Waals surface area contributed by atoms with E-state index >= 15 is 0 Å². The number of hydrogen-bond donors (Lipinski definition) is 2. The number of rotatable bonds is 6. The van der Waals surface area contributed by atoms with E-state index in [0.29, 0.717) is 13.2 Å². The molecular formula is C13H24N2O2S. The first-order valence-corrected chi connectivity index (χ1v) is 7.06. The van der Waals surface area contributed by atoms with E-state index in [1.54, 1.807) is 17.5 Å². The minimum Gasteiger partial charge on any atom is -0.389 e. The fourth-order valence-corrected chi connectivity index (χ4v) is 2.12. The lowest BCUT2D eigenvalue weighted by atomic mass is 10.1. The number of aliphatic hydroxyl groups excluding tert-OH is 1. The zero-order valence-electron chi connectivity index (χ0n) is 11.9. The average molecular weight is 272 g/mol. The molecule has 0 aliphatic rings. The summed E-state index contributed by atoms with van der Waals surface area (Å²) < 4.78 is 5.54. The van der Waals surface area contributed by atoms with Gasteiger partial charge in [0.25, 0.3) is 0 Å². The molecule has 1 heterocycles. The molecule has 0 saturated carbocycles. The van der Waals surface area contributed by atoms with Crippen LogP contribution in [0.1, 0.15) is 39.6 Å². The van der Waals surface area contributed by atoms with Gasteiger partial charge >= 0.3 is 0 Å². The average Bonchev–Trinajstić information content (AvgIpc) is 2.76. The van der Waals surface area contributed by atoms with Crippen molar-refractivity contribution in [3.05, 3.63) is 16.6 Å². The number of aromatic nitrogens is 1. The summed E-state index contributed by atoms with van der Waals surface area (Å²) >= 11 is 1.61. The largest absolute Gasteiger partial charge is 0.389 e. The van der Waals surface area contributed by atoms with E-state index in [1.807, 2.05) is 26.2 Å². The van der Waals surface area contributed by atoms with Gasteiger partial charge in [-0.15, -0.1) is 11.3 Å². The lowest BCUT2D eigenvalue weighted by Gasteiger charge is -2.27. The van der Waals surface area contributed by atoms with Crippen LogP contribution in [0.5, 0.6) is 0 Å². The first-order valence-electron chi connectivity index (χ1n) is 6.18. The second kappa shape index (κ2) is 6.10. The molecule has 0 saturated heterocycles. The molecule has 0 aromatic carbocycles. The highest BCUT2D eigenvalue weighted by atomic mass is 32.1. The van der Waals surface area contributed by atoms with Crippen molar-refractivity contribution in [2.24, 2.45) is 0 Å². The highest BCUT2D eigenvalue weighted by Crippen LogP contribution is 2.21. The fourth-order valence-electron chi connectivity index (χ4n) is 1.39. The smallest absolute Gasteiger partial charge is 0.112 e. The van der Waals surface area contributed by atoms with Gasteiger partial charge in [-0.05, 0) is 34.6 Å². The molecule has 104 valence electrons. The molecule has 5 heteroatoms. The monoisotopic (exact) mass is 272 g/mol. The van der Waals surface area contributed by atoms with Gasteiger partial charge < -0.3 is 15.2 Å². The number of aliphatic hydroxyl groups is 1. The van der Waals surface area contributed by atoms with Gasteiger partial charge in [0, 0.05) is 18.1 Å². The van der Waals surface area contributed by atoms with E-state index in [-0.39, 0.29) is 11.1 Å². The minimum atomic E-state index is -0.511. The summed E-state index contributed by atoms with van der Waals surface area (Å²) in [7, 11) is 0. The Morgan fingerprint density at radius 1 is 1.39 bits per heavy atom. The molecule has 18 heavy (non-hydrogen) atoms. The van der Waals surface area contributed by atoms with Gasteiger partial charge in [-0.25, -0.2) is 4.98 Å². The van der Waals surface area contributed by atoms with Gasteiger partial charge in [-0.1, -0.05) is 0 Å². The molecule has 0 aliphatic heterocycles. The molecule has 0 amide bonds. The van der Waals surface area contributed by atoms with Gasteiger partial charge in [0.05, 0.1) is 23.9 Å². The molecule has 0 bridgehead atoms. The normalized spacial score (nSPS) is 14.8. The quantitative estimate of drug-likeness (QED) is 0.833. The van der Waals surface area contributed by atoms with E-state index < -0.39 is 6.10 Å². The third-order valence-corrected chi connectivity index (χ3v) is 3.55. The van der Waals surface area contributed by atoms with E-state index in [9.17, 15) is 5.11 Å². The Morgan fingerprint density at radius 3 is 2.56 bits per heavy atom. The van der Waals surface area contributed by atoms with Gasteiger partial charge in [0.2, 0.25) is 0 Å². The second-order valence-corrected chi connectivity index (χ2v) is 6.81. The second-order valence-electron chi connectivity index (χ2n) is 5.92. The highest BCUT2D eigenvalue weighted by Gasteiger charge is 2.24. The maximum absolute atomic E-state index is 9.87. The molecule has 1 rings (SSSR count). The summed E-state index contributed by atoms with van der Waals surface area (Å²) in [6.45, 7) is 10.9. The zero-order valence-corrected chi connectivity index (χ0v) is 12.7. The maximum atomic E-state index is 9.87. The standard InChI is InChI=1S/C13H24N2O2S/c1-12(2,3)17-9-10(16)8-15-13(4,5)11-14-6-7-18-11/h6-7,10,15-16H,8-9H2,1-5H3. The van der Waals surface area contributed by atoms with Crippen molar-refractivity contribution in [1.29, 1.82) is 0 Å². The van der Waals surface area contributed by atoms with E-state index in [1.165, 1.54) is 0 Å². The molecule has 1 atom stereocenters. The number of hydrogen-bond acceptors (Lipinski definition) is 5. The van der Waals surface area contributed by atoms with Crippen LogP contribution in [0, 0.1) is 0 Å². The first-order chi connectivity index (χ1) is 8.21. The Bertz CT molecular complexity index is 344. The van der Waals surface area contributed by atoms with Crippen molar-refractivity contribution >= 4 is 11.3 Å². The van der Waals surface area contributed by atoms with Crippen LogP contribution in [0.15, 0.2) is 11.6 Å². The summed E-state index contributed by atoms with van der Waals surface area (Å²) in [6, 6.07) is 0. The van der Waals surface area contributed by atoms with Crippen LogP contribution >= 0.6 is 11.3 Å². The van der Waals surface area contributed by atoms with Crippen LogP contribution in [-0.2, 0) is 10.3 Å². The minimum absolute atomic E-state index is 0.216. The van der Waals surface area contributed by atoms with Crippen molar-refractivity contribution in [2.45, 2.75) is 51.9 Å². The summed E-state index contributed by atoms with van der Waals surface area (Å²) in [6.07, 6.45) is 1.28. The summed E-state index contributed by atoms with van der Waals surface area (Å²) in [5, 5.41) is 16.2. The van der Waals surface area contributed by atoms with Gasteiger partial charge in [0.1, 0.15) is 5.01 Å². The van der Waals surface area contributed by atoms with Gasteiger partial charge in [-0.3, -0.25) is 0 Å². The number of ether oxygens (including phenoxy) is 1. The van der Waals surface area contributed by atoms with Crippen LogP contribution in [0.25, 0.3) is 0 Å². The summed E-state index contributed by atoms with van der Waals surface area (Å²) in [5.41, 5.74) is -0.442. The predicted molar refractivity (Wildman–Crippen MR) is 74.9 cm³/mol.